The van der Waals surface area contributed by atoms with Crippen molar-refractivity contribution in [1.82, 2.24) is 10.3 Å². The molecule has 0 aliphatic rings. The summed E-state index contributed by atoms with van der Waals surface area (Å²) in [6.45, 7) is 8.72. The third kappa shape index (κ3) is 4.04. The second-order valence-corrected chi connectivity index (χ2v) is 7.48. The summed E-state index contributed by atoms with van der Waals surface area (Å²) in [5, 5.41) is 2.92. The van der Waals surface area contributed by atoms with E-state index in [0.29, 0.717) is 17.9 Å². The molecule has 0 bridgehead atoms. The minimum absolute atomic E-state index is 0.124. The first kappa shape index (κ1) is 15.5. The lowest BCUT2D eigenvalue weighted by Crippen LogP contribution is -2.24. The molecule has 0 aliphatic heterocycles. The van der Waals surface area contributed by atoms with Crippen LogP contribution >= 0.6 is 11.3 Å². The Balaban J connectivity index is 2.13. The third-order valence-corrected chi connectivity index (χ3v) is 4.10. The minimum atomic E-state index is -0.144. The summed E-state index contributed by atoms with van der Waals surface area (Å²) in [7, 11) is 0. The highest BCUT2D eigenvalue weighted by Crippen LogP contribution is 2.22. The number of aromatic nitrogens is 1. The van der Waals surface area contributed by atoms with E-state index >= 15 is 0 Å². The van der Waals surface area contributed by atoms with E-state index in [1.54, 1.807) is 17.4 Å². The Labute approximate surface area is 129 Å². The molecule has 1 amide bonds. The summed E-state index contributed by atoms with van der Waals surface area (Å²) in [6.07, 6.45) is 0. The van der Waals surface area contributed by atoms with E-state index in [0.717, 1.165) is 10.6 Å². The summed E-state index contributed by atoms with van der Waals surface area (Å²) in [5.74, 6) is 0.250. The van der Waals surface area contributed by atoms with Crippen molar-refractivity contribution in [2.75, 3.05) is 5.73 Å². The molecule has 0 atom stereocenters. The van der Waals surface area contributed by atoms with Crippen molar-refractivity contribution in [1.29, 1.82) is 0 Å². The Morgan fingerprint density at radius 1 is 1.33 bits per heavy atom. The van der Waals surface area contributed by atoms with Gasteiger partial charge in [-0.3, -0.25) is 4.79 Å². The van der Waals surface area contributed by atoms with E-state index in [-0.39, 0.29) is 11.3 Å². The topological polar surface area (TPSA) is 68.0 Å². The molecule has 0 aliphatic carbocycles. The fourth-order valence-electron chi connectivity index (χ4n) is 1.92. The zero-order valence-corrected chi connectivity index (χ0v) is 13.7. The van der Waals surface area contributed by atoms with Gasteiger partial charge in [0.05, 0.1) is 6.54 Å². The number of nitrogens with two attached hydrogens (primary N) is 1. The number of hydrogen-bond acceptors (Lipinski definition) is 4. The molecule has 3 N–H and O–H groups in total. The Kier molecular flexibility index (Phi) is 4.32. The lowest BCUT2D eigenvalue weighted by molar-refractivity contribution is 0.0951. The Morgan fingerprint density at radius 2 is 2.05 bits per heavy atom. The number of amides is 1. The summed E-state index contributed by atoms with van der Waals surface area (Å²) >= 11 is 1.68. The quantitative estimate of drug-likeness (QED) is 0.914. The van der Waals surface area contributed by atoms with Gasteiger partial charge in [0.1, 0.15) is 5.82 Å². The van der Waals surface area contributed by atoms with Crippen molar-refractivity contribution in [3.63, 3.8) is 0 Å². The van der Waals surface area contributed by atoms with Crippen LogP contribution in [0.5, 0.6) is 0 Å². The van der Waals surface area contributed by atoms with Crippen LogP contribution in [-0.4, -0.2) is 10.9 Å². The van der Waals surface area contributed by atoms with Crippen molar-refractivity contribution >= 4 is 23.1 Å². The fraction of sp³-hybridized carbons (Fsp3) is 0.375. The van der Waals surface area contributed by atoms with E-state index in [1.807, 2.05) is 39.0 Å². The molecule has 0 fully saturated rings. The zero-order chi connectivity index (χ0) is 15.6. The summed E-state index contributed by atoms with van der Waals surface area (Å²) in [6, 6.07) is 7.51. The van der Waals surface area contributed by atoms with Gasteiger partial charge in [-0.05, 0) is 31.2 Å². The van der Waals surface area contributed by atoms with Gasteiger partial charge in [-0.2, -0.15) is 0 Å². The van der Waals surface area contributed by atoms with Crippen LogP contribution in [0, 0.1) is 6.92 Å². The second kappa shape index (κ2) is 5.85. The molecule has 0 radical (unpaired) electrons. The number of nitrogens with one attached hydrogen (secondary N) is 1. The van der Waals surface area contributed by atoms with Gasteiger partial charge in [0, 0.05) is 26.4 Å². The van der Waals surface area contributed by atoms with Gasteiger partial charge in [0.2, 0.25) is 0 Å². The molecule has 4 nitrogen and oxygen atoms in total. The minimum Gasteiger partial charge on any atom is -0.384 e. The van der Waals surface area contributed by atoms with Crippen molar-refractivity contribution in [2.45, 2.75) is 39.7 Å². The lowest BCUT2D eigenvalue weighted by Gasteiger charge is -2.19. The van der Waals surface area contributed by atoms with Crippen LogP contribution in [0.1, 0.15) is 46.6 Å². The van der Waals surface area contributed by atoms with Crippen molar-refractivity contribution in [2.24, 2.45) is 0 Å². The molecule has 0 spiro atoms. The average Bonchev–Trinajstić information content (AvgIpc) is 2.80. The van der Waals surface area contributed by atoms with Gasteiger partial charge in [-0.15, -0.1) is 11.3 Å². The maximum absolute atomic E-state index is 12.3. The number of hydrogen-bond donors (Lipinski definition) is 2. The molecule has 21 heavy (non-hydrogen) atoms. The molecular formula is C16H21N3OS. The molecule has 2 heterocycles. The molecule has 0 saturated carbocycles. The number of nitrogen functional groups attached to an aromatic ring is 1. The third-order valence-electron chi connectivity index (χ3n) is 3.09. The van der Waals surface area contributed by atoms with Crippen LogP contribution in [0.25, 0.3) is 0 Å². The van der Waals surface area contributed by atoms with Gasteiger partial charge in [-0.25, -0.2) is 4.98 Å². The van der Waals surface area contributed by atoms with Crippen LogP contribution in [-0.2, 0) is 12.0 Å². The maximum atomic E-state index is 12.3. The fourth-order valence-corrected chi connectivity index (χ4v) is 2.75. The predicted octanol–water partition coefficient (Wildman–Crippen LogP) is 3.26. The first-order valence-electron chi connectivity index (χ1n) is 6.87. The highest BCUT2D eigenvalue weighted by atomic mass is 32.1. The number of carbonyl (C=O) groups excluding carboxylic acids is 1. The molecule has 0 unspecified atom stereocenters. The number of aryl methyl sites for hydroxylation is 1. The highest BCUT2D eigenvalue weighted by Gasteiger charge is 2.18. The number of anilines is 1. The molecular weight excluding hydrogens is 282 g/mol. The van der Waals surface area contributed by atoms with Gasteiger partial charge in [0.15, 0.2) is 0 Å². The van der Waals surface area contributed by atoms with Gasteiger partial charge in [-0.1, -0.05) is 20.8 Å². The zero-order valence-electron chi connectivity index (χ0n) is 12.9. The number of rotatable bonds is 3. The molecule has 5 heteroatoms. The van der Waals surface area contributed by atoms with Gasteiger partial charge < -0.3 is 11.1 Å². The second-order valence-electron chi connectivity index (χ2n) is 6.11. The summed E-state index contributed by atoms with van der Waals surface area (Å²) < 4.78 is 0. The van der Waals surface area contributed by atoms with E-state index in [4.69, 9.17) is 5.73 Å². The summed E-state index contributed by atoms with van der Waals surface area (Å²) in [5.41, 5.74) is 7.05. The number of nitrogens with zero attached hydrogens (tertiary/aromatic N) is 1. The van der Waals surface area contributed by atoms with Gasteiger partial charge in [0.25, 0.3) is 5.91 Å². The largest absolute Gasteiger partial charge is 0.384 e. The normalized spacial score (nSPS) is 11.4. The van der Waals surface area contributed by atoms with E-state index in [1.165, 1.54) is 4.88 Å². The predicted molar refractivity (Wildman–Crippen MR) is 87.6 cm³/mol. The molecule has 0 aromatic carbocycles. The monoisotopic (exact) mass is 303 g/mol. The van der Waals surface area contributed by atoms with Crippen molar-refractivity contribution < 1.29 is 4.79 Å². The van der Waals surface area contributed by atoms with Crippen molar-refractivity contribution in [3.05, 3.63) is 45.3 Å². The molecule has 2 rings (SSSR count). The lowest BCUT2D eigenvalue weighted by atomic mass is 9.90. The van der Waals surface area contributed by atoms with Crippen LogP contribution in [0.2, 0.25) is 0 Å². The van der Waals surface area contributed by atoms with Crippen molar-refractivity contribution in [3.8, 4) is 0 Å². The maximum Gasteiger partial charge on any atom is 0.251 e. The smallest absolute Gasteiger partial charge is 0.251 e. The number of pyridine rings is 1. The highest BCUT2D eigenvalue weighted by molar-refractivity contribution is 7.11. The first-order chi connectivity index (χ1) is 9.75. The average molecular weight is 303 g/mol. The first-order valence-corrected chi connectivity index (χ1v) is 7.69. The molecule has 2 aromatic heterocycles. The summed E-state index contributed by atoms with van der Waals surface area (Å²) in [4.78, 5) is 19.0. The Bertz CT molecular complexity index is 656. The number of thiophene rings is 1. The molecule has 0 saturated heterocycles. The van der Waals surface area contributed by atoms with Crippen LogP contribution in [0.3, 0.4) is 0 Å². The van der Waals surface area contributed by atoms with Crippen LogP contribution in [0.4, 0.5) is 5.82 Å². The number of carbonyl (C=O) groups is 1. The Morgan fingerprint density at radius 3 is 2.62 bits per heavy atom. The standard InChI is InChI=1S/C16H21N3OS/c1-10-5-6-12(21-10)9-18-15(20)11-7-13(16(2,3)4)19-14(17)8-11/h5-8H,9H2,1-4H3,(H2,17,19)(H,18,20). The molecule has 2 aromatic rings. The molecule has 112 valence electrons. The van der Waals surface area contributed by atoms with Crippen LogP contribution in [0.15, 0.2) is 24.3 Å². The van der Waals surface area contributed by atoms with Crippen LogP contribution < -0.4 is 11.1 Å². The van der Waals surface area contributed by atoms with E-state index in [9.17, 15) is 4.79 Å². The SMILES string of the molecule is Cc1ccc(CNC(=O)c2cc(N)nc(C(C)(C)C)c2)s1. The van der Waals surface area contributed by atoms with Gasteiger partial charge >= 0.3 is 0 Å². The van der Waals surface area contributed by atoms with E-state index < -0.39 is 0 Å². The van der Waals surface area contributed by atoms with E-state index in [2.05, 4.69) is 17.2 Å². The Hall–Kier alpha value is -1.88.